The summed E-state index contributed by atoms with van der Waals surface area (Å²) in [7, 11) is -3.88. The number of carbonyl (C=O) groups excluding carboxylic acids is 1. The lowest BCUT2D eigenvalue weighted by atomic mass is 10.2. The molecule has 32 heavy (non-hydrogen) atoms. The maximum Gasteiger partial charge on any atom is 0.265 e. The molecule has 1 heterocycles. The number of aromatic nitrogens is 2. The van der Waals surface area contributed by atoms with Gasteiger partial charge in [-0.2, -0.15) is 0 Å². The molecular formula is C22H23ClN4O4S. The number of carbonyl (C=O) groups is 1. The van der Waals surface area contributed by atoms with E-state index in [0.717, 1.165) is 0 Å². The van der Waals surface area contributed by atoms with Crippen molar-refractivity contribution in [3.63, 3.8) is 0 Å². The van der Waals surface area contributed by atoms with Crippen LogP contribution in [0.3, 0.4) is 0 Å². The van der Waals surface area contributed by atoms with Crippen LogP contribution in [0.2, 0.25) is 5.02 Å². The van der Waals surface area contributed by atoms with E-state index in [1.165, 1.54) is 24.3 Å². The summed E-state index contributed by atoms with van der Waals surface area (Å²) in [6.45, 7) is 5.33. The summed E-state index contributed by atoms with van der Waals surface area (Å²) in [5.41, 5.74) is 1.74. The molecule has 3 aromatic rings. The maximum atomic E-state index is 12.6. The molecule has 0 fully saturated rings. The van der Waals surface area contributed by atoms with Crippen LogP contribution in [-0.2, 0) is 14.8 Å². The first-order chi connectivity index (χ1) is 15.2. The topological polar surface area (TPSA) is 110 Å². The van der Waals surface area contributed by atoms with Crippen molar-refractivity contribution in [1.82, 2.24) is 9.97 Å². The molecule has 0 aliphatic rings. The van der Waals surface area contributed by atoms with Crippen LogP contribution in [-0.4, -0.2) is 30.4 Å². The Kier molecular flexibility index (Phi) is 7.32. The van der Waals surface area contributed by atoms with E-state index in [-0.39, 0.29) is 16.8 Å². The second-order valence-corrected chi connectivity index (χ2v) is 9.18. The highest BCUT2D eigenvalue weighted by molar-refractivity contribution is 7.92. The Balaban J connectivity index is 1.68. The third kappa shape index (κ3) is 6.18. The van der Waals surface area contributed by atoms with Gasteiger partial charge in [-0.25, -0.2) is 23.1 Å². The standard InChI is InChI=1S/C22H23ClN4O4S/c1-4-20(31-18-7-5-6-16(23)13-18)21(28)26-17-8-10-19(11-9-17)32(29,30)27-22-24-14(2)12-15(3)25-22/h5-13,20H,4H2,1-3H3,(H,26,28)(H,24,25,27). The molecule has 0 saturated carbocycles. The van der Waals surface area contributed by atoms with Gasteiger partial charge in [0.25, 0.3) is 15.9 Å². The number of sulfonamides is 1. The monoisotopic (exact) mass is 474 g/mol. The summed E-state index contributed by atoms with van der Waals surface area (Å²) >= 11 is 5.96. The Hall–Kier alpha value is -3.17. The second-order valence-electron chi connectivity index (χ2n) is 7.07. The summed E-state index contributed by atoms with van der Waals surface area (Å²) in [4.78, 5) is 20.8. The number of ether oxygens (including phenoxy) is 1. The number of anilines is 2. The first kappa shape index (κ1) is 23.5. The molecular weight excluding hydrogens is 452 g/mol. The van der Waals surface area contributed by atoms with Crippen molar-refractivity contribution in [2.75, 3.05) is 10.0 Å². The Morgan fingerprint density at radius 2 is 1.72 bits per heavy atom. The number of benzene rings is 2. The van der Waals surface area contributed by atoms with Gasteiger partial charge in [0.15, 0.2) is 6.10 Å². The molecule has 2 N–H and O–H groups in total. The Morgan fingerprint density at radius 1 is 1.06 bits per heavy atom. The number of hydrogen-bond donors (Lipinski definition) is 2. The van der Waals surface area contributed by atoms with E-state index >= 15 is 0 Å². The van der Waals surface area contributed by atoms with Crippen LogP contribution < -0.4 is 14.8 Å². The van der Waals surface area contributed by atoms with Gasteiger partial charge in [-0.05, 0) is 68.8 Å². The Bertz CT molecular complexity index is 1200. The average Bonchev–Trinajstić information content (AvgIpc) is 2.71. The fourth-order valence-corrected chi connectivity index (χ4v) is 4.04. The molecule has 0 radical (unpaired) electrons. The van der Waals surface area contributed by atoms with E-state index in [4.69, 9.17) is 16.3 Å². The van der Waals surface area contributed by atoms with Crippen LogP contribution in [0.4, 0.5) is 11.6 Å². The van der Waals surface area contributed by atoms with Gasteiger partial charge in [0.2, 0.25) is 5.95 Å². The van der Waals surface area contributed by atoms with Gasteiger partial charge in [-0.3, -0.25) is 4.79 Å². The zero-order valence-electron chi connectivity index (χ0n) is 17.8. The summed E-state index contributed by atoms with van der Waals surface area (Å²) < 4.78 is 33.4. The largest absolute Gasteiger partial charge is 0.481 e. The maximum absolute atomic E-state index is 12.6. The molecule has 8 nitrogen and oxygen atoms in total. The van der Waals surface area contributed by atoms with Crippen molar-refractivity contribution >= 4 is 39.2 Å². The van der Waals surface area contributed by atoms with Crippen LogP contribution >= 0.6 is 11.6 Å². The Morgan fingerprint density at radius 3 is 2.31 bits per heavy atom. The molecule has 0 aliphatic carbocycles. The van der Waals surface area contributed by atoms with Crippen LogP contribution in [0, 0.1) is 13.8 Å². The number of aryl methyl sites for hydroxylation is 2. The third-order valence-electron chi connectivity index (χ3n) is 4.38. The number of nitrogens with one attached hydrogen (secondary N) is 2. The number of amides is 1. The van der Waals surface area contributed by atoms with Crippen molar-refractivity contribution < 1.29 is 17.9 Å². The van der Waals surface area contributed by atoms with E-state index in [2.05, 4.69) is 20.0 Å². The second kappa shape index (κ2) is 9.97. The van der Waals surface area contributed by atoms with E-state index < -0.39 is 16.1 Å². The van der Waals surface area contributed by atoms with E-state index in [1.807, 2.05) is 6.92 Å². The molecule has 2 aromatic carbocycles. The van der Waals surface area contributed by atoms with Crippen molar-refractivity contribution in [3.05, 3.63) is 71.0 Å². The average molecular weight is 475 g/mol. The number of rotatable bonds is 8. The van der Waals surface area contributed by atoms with Crippen molar-refractivity contribution in [2.24, 2.45) is 0 Å². The zero-order valence-corrected chi connectivity index (χ0v) is 19.4. The molecule has 1 unspecified atom stereocenters. The lowest BCUT2D eigenvalue weighted by Gasteiger charge is -2.17. The predicted octanol–water partition coefficient (Wildman–Crippen LogP) is 4.34. The van der Waals surface area contributed by atoms with Crippen molar-refractivity contribution in [3.8, 4) is 5.75 Å². The van der Waals surface area contributed by atoms with Crippen LogP contribution in [0.25, 0.3) is 0 Å². The molecule has 0 bridgehead atoms. The summed E-state index contributed by atoms with van der Waals surface area (Å²) in [6.07, 6.45) is -0.301. The third-order valence-corrected chi connectivity index (χ3v) is 5.96. The first-order valence-electron chi connectivity index (χ1n) is 9.84. The number of hydrogen-bond acceptors (Lipinski definition) is 6. The van der Waals surface area contributed by atoms with E-state index in [1.54, 1.807) is 44.2 Å². The number of halogens is 1. The SMILES string of the molecule is CCC(Oc1cccc(Cl)c1)C(=O)Nc1ccc(S(=O)(=O)Nc2nc(C)cc(C)n2)cc1. The zero-order chi connectivity index (χ0) is 23.3. The fourth-order valence-electron chi connectivity index (χ4n) is 2.92. The number of nitrogens with zero attached hydrogens (tertiary/aromatic N) is 2. The smallest absolute Gasteiger partial charge is 0.265 e. The van der Waals surface area contributed by atoms with Crippen LogP contribution in [0.1, 0.15) is 24.7 Å². The lowest BCUT2D eigenvalue weighted by molar-refractivity contribution is -0.122. The van der Waals surface area contributed by atoms with Gasteiger partial charge >= 0.3 is 0 Å². The van der Waals surface area contributed by atoms with Crippen molar-refractivity contribution in [2.45, 2.75) is 38.2 Å². The molecule has 10 heteroatoms. The fraction of sp³-hybridized carbons (Fsp3) is 0.227. The summed E-state index contributed by atoms with van der Waals surface area (Å²) in [5, 5.41) is 3.24. The van der Waals surface area contributed by atoms with Gasteiger partial charge in [0.05, 0.1) is 4.90 Å². The van der Waals surface area contributed by atoms with E-state index in [0.29, 0.717) is 34.3 Å². The van der Waals surface area contributed by atoms with Gasteiger partial charge in [0, 0.05) is 22.1 Å². The predicted molar refractivity (Wildman–Crippen MR) is 124 cm³/mol. The lowest BCUT2D eigenvalue weighted by Crippen LogP contribution is -2.32. The minimum Gasteiger partial charge on any atom is -0.481 e. The molecule has 3 rings (SSSR count). The highest BCUT2D eigenvalue weighted by Crippen LogP contribution is 2.21. The molecule has 0 spiro atoms. The minimum absolute atomic E-state index is 0.00355. The van der Waals surface area contributed by atoms with Gasteiger partial charge in [-0.15, -0.1) is 0 Å². The van der Waals surface area contributed by atoms with Crippen molar-refractivity contribution in [1.29, 1.82) is 0 Å². The van der Waals surface area contributed by atoms with Crippen LogP contribution in [0.15, 0.2) is 59.5 Å². The van der Waals surface area contributed by atoms with Gasteiger partial charge in [0.1, 0.15) is 5.75 Å². The van der Waals surface area contributed by atoms with Gasteiger partial charge in [-0.1, -0.05) is 24.6 Å². The highest BCUT2D eigenvalue weighted by Gasteiger charge is 2.20. The molecule has 168 valence electrons. The molecule has 0 saturated heterocycles. The minimum atomic E-state index is -3.88. The molecule has 1 aromatic heterocycles. The first-order valence-corrected chi connectivity index (χ1v) is 11.7. The molecule has 1 amide bonds. The quantitative estimate of drug-likeness (QED) is 0.502. The molecule has 0 aliphatic heterocycles. The summed E-state index contributed by atoms with van der Waals surface area (Å²) in [5.74, 6) is 0.134. The van der Waals surface area contributed by atoms with Gasteiger partial charge < -0.3 is 10.1 Å². The highest BCUT2D eigenvalue weighted by atomic mass is 35.5. The molecule has 1 atom stereocenters. The Labute approximate surface area is 192 Å². The normalized spacial score (nSPS) is 12.1. The van der Waals surface area contributed by atoms with Crippen LogP contribution in [0.5, 0.6) is 5.75 Å². The summed E-state index contributed by atoms with van der Waals surface area (Å²) in [6, 6.07) is 14.3. The van der Waals surface area contributed by atoms with E-state index in [9.17, 15) is 13.2 Å².